The molecule has 1 N–H and O–H groups in total. The molecule has 8 nitrogen and oxygen atoms in total. The van der Waals surface area contributed by atoms with Gasteiger partial charge in [-0.15, -0.1) is 0 Å². The fraction of sp³-hybridized carbons (Fsp3) is 0.524. The second-order valence-corrected chi connectivity index (χ2v) is 9.75. The number of nitrogens with one attached hydrogen (secondary N) is 1. The predicted octanol–water partition coefficient (Wildman–Crippen LogP) is 3.61. The van der Waals surface area contributed by atoms with Crippen LogP contribution in [0.15, 0.2) is 29.3 Å². The number of carbonyl (C=O) groups excluding carboxylic acids is 1. The van der Waals surface area contributed by atoms with E-state index in [0.29, 0.717) is 37.4 Å². The molecule has 2 aromatic rings. The van der Waals surface area contributed by atoms with Gasteiger partial charge >= 0.3 is 12.1 Å². The summed E-state index contributed by atoms with van der Waals surface area (Å²) < 4.78 is 80.7. The van der Waals surface area contributed by atoms with Crippen molar-refractivity contribution in [3.05, 3.63) is 41.2 Å². The number of hydrogen-bond donors (Lipinski definition) is 1. The summed E-state index contributed by atoms with van der Waals surface area (Å²) in [5, 5.41) is 4.26. The molecule has 33 heavy (non-hydrogen) atoms. The van der Waals surface area contributed by atoms with Crippen molar-refractivity contribution in [2.75, 3.05) is 6.61 Å². The van der Waals surface area contributed by atoms with E-state index in [0.717, 1.165) is 17.8 Å². The van der Waals surface area contributed by atoms with Gasteiger partial charge in [0.05, 0.1) is 35.3 Å². The Morgan fingerprint density at radius 1 is 1.30 bits per heavy atom. The first-order valence-corrected chi connectivity index (χ1v) is 11.9. The minimum absolute atomic E-state index is 0.128. The van der Waals surface area contributed by atoms with Crippen molar-refractivity contribution in [2.24, 2.45) is 0 Å². The van der Waals surface area contributed by atoms with Crippen molar-refractivity contribution in [1.29, 1.82) is 0 Å². The van der Waals surface area contributed by atoms with Gasteiger partial charge in [-0.05, 0) is 45.2 Å². The van der Waals surface area contributed by atoms with Gasteiger partial charge in [-0.1, -0.05) is 0 Å². The molecule has 0 bridgehead atoms. The molecule has 1 aromatic heterocycles. The fourth-order valence-electron chi connectivity index (χ4n) is 3.70. The maximum absolute atomic E-state index is 13.4. The van der Waals surface area contributed by atoms with E-state index in [9.17, 15) is 26.4 Å². The van der Waals surface area contributed by atoms with Gasteiger partial charge in [0.15, 0.2) is 0 Å². The van der Waals surface area contributed by atoms with E-state index in [2.05, 4.69) is 9.82 Å². The van der Waals surface area contributed by atoms with Crippen LogP contribution in [0.1, 0.15) is 56.5 Å². The molecule has 3 rings (SSSR count). The molecule has 182 valence electrons. The number of ether oxygens (including phenoxy) is 2. The van der Waals surface area contributed by atoms with Crippen LogP contribution in [0.5, 0.6) is 5.75 Å². The van der Waals surface area contributed by atoms with Crippen LogP contribution in [0.4, 0.5) is 13.2 Å². The van der Waals surface area contributed by atoms with Crippen molar-refractivity contribution in [2.45, 2.75) is 69.8 Å². The topological polar surface area (TPSA) is 99.5 Å². The number of sulfonamides is 1. The highest BCUT2D eigenvalue weighted by Crippen LogP contribution is 2.35. The third-order valence-electron chi connectivity index (χ3n) is 5.06. The molecule has 0 radical (unpaired) electrons. The number of alkyl halides is 3. The zero-order chi connectivity index (χ0) is 24.4. The number of carbonyl (C=O) groups is 1. The second-order valence-electron chi connectivity index (χ2n) is 8.03. The van der Waals surface area contributed by atoms with Gasteiger partial charge in [-0.2, -0.15) is 18.3 Å². The molecule has 0 saturated carbocycles. The first-order valence-electron chi connectivity index (χ1n) is 10.5. The highest BCUT2D eigenvalue weighted by Gasteiger charge is 2.34. The fourth-order valence-corrected chi connectivity index (χ4v) is 5.00. The summed E-state index contributed by atoms with van der Waals surface area (Å²) in [5.74, 6) is -0.591. The minimum Gasteiger partial charge on any atom is -0.491 e. The molecule has 1 aliphatic rings. The summed E-state index contributed by atoms with van der Waals surface area (Å²) in [5.41, 5.74) is 0.343. The molecule has 12 heteroatoms. The SMILES string of the molecule is CC(=O)OCCn1ncc2c1CCCC2NS(=O)(=O)c1cc(OC(C)C)cc(C(F)(F)F)c1. The highest BCUT2D eigenvalue weighted by atomic mass is 32.2. The molecule has 0 saturated heterocycles. The van der Waals surface area contributed by atoms with E-state index in [-0.39, 0.29) is 12.4 Å². The Balaban J connectivity index is 1.87. The van der Waals surface area contributed by atoms with Crippen LogP contribution in [0.25, 0.3) is 0 Å². The predicted molar refractivity (Wildman–Crippen MR) is 112 cm³/mol. The highest BCUT2D eigenvalue weighted by molar-refractivity contribution is 7.89. The van der Waals surface area contributed by atoms with E-state index in [1.807, 2.05) is 0 Å². The van der Waals surface area contributed by atoms with E-state index in [4.69, 9.17) is 9.47 Å². The smallest absolute Gasteiger partial charge is 0.416 e. The average Bonchev–Trinajstić information content (AvgIpc) is 3.10. The lowest BCUT2D eigenvalue weighted by Crippen LogP contribution is -2.31. The van der Waals surface area contributed by atoms with Gasteiger partial charge in [0.25, 0.3) is 0 Å². The number of aromatic nitrogens is 2. The van der Waals surface area contributed by atoms with E-state index >= 15 is 0 Å². The molecule has 1 aliphatic carbocycles. The molecular weight excluding hydrogens is 463 g/mol. The summed E-state index contributed by atoms with van der Waals surface area (Å²) in [4.78, 5) is 10.4. The quantitative estimate of drug-likeness (QED) is 0.569. The van der Waals surface area contributed by atoms with E-state index in [1.165, 1.54) is 13.1 Å². The summed E-state index contributed by atoms with van der Waals surface area (Å²) in [6, 6.07) is 1.82. The van der Waals surface area contributed by atoms with Crippen molar-refractivity contribution in [3.8, 4) is 5.75 Å². The molecular formula is C21H26F3N3O5S. The van der Waals surface area contributed by atoms with Gasteiger partial charge < -0.3 is 9.47 Å². The van der Waals surface area contributed by atoms with Gasteiger partial charge in [-0.25, -0.2) is 13.1 Å². The van der Waals surface area contributed by atoms with Crippen LogP contribution < -0.4 is 9.46 Å². The maximum atomic E-state index is 13.4. The minimum atomic E-state index is -4.73. The van der Waals surface area contributed by atoms with Crippen LogP contribution >= 0.6 is 0 Å². The molecule has 0 spiro atoms. The second kappa shape index (κ2) is 9.72. The van der Waals surface area contributed by atoms with Gasteiger partial charge in [0.2, 0.25) is 10.0 Å². The molecule has 1 unspecified atom stereocenters. The van der Waals surface area contributed by atoms with Crippen LogP contribution in [0, 0.1) is 0 Å². The summed E-state index contributed by atoms with van der Waals surface area (Å²) in [7, 11) is -4.30. The Bertz CT molecular complexity index is 1110. The zero-order valence-electron chi connectivity index (χ0n) is 18.5. The lowest BCUT2D eigenvalue weighted by Gasteiger charge is -2.24. The van der Waals surface area contributed by atoms with E-state index < -0.39 is 44.8 Å². The summed E-state index contributed by atoms with van der Waals surface area (Å²) in [6.07, 6.45) is -1.85. The Morgan fingerprint density at radius 3 is 2.67 bits per heavy atom. The Hall–Kier alpha value is -2.60. The monoisotopic (exact) mass is 489 g/mol. The van der Waals surface area contributed by atoms with Gasteiger partial charge in [0, 0.05) is 24.2 Å². The lowest BCUT2D eigenvalue weighted by atomic mass is 9.94. The molecule has 1 atom stereocenters. The third-order valence-corrected chi connectivity index (χ3v) is 6.51. The molecule has 1 heterocycles. The molecule has 1 aromatic carbocycles. The zero-order valence-corrected chi connectivity index (χ0v) is 19.3. The van der Waals surface area contributed by atoms with Crippen molar-refractivity contribution < 1.29 is 35.9 Å². The lowest BCUT2D eigenvalue weighted by molar-refractivity contribution is -0.141. The Kier molecular flexibility index (Phi) is 7.37. The van der Waals surface area contributed by atoms with Crippen molar-refractivity contribution in [3.63, 3.8) is 0 Å². The third kappa shape index (κ3) is 6.26. The standard InChI is InChI=1S/C21H26F3N3O5S/c1-13(2)32-16-9-15(21(22,23)24)10-17(11-16)33(29,30)26-19-5-4-6-20-18(19)12-25-27(20)7-8-31-14(3)28/h9-13,19,26H,4-8H2,1-3H3. The number of halogens is 3. The number of rotatable bonds is 8. The number of benzene rings is 1. The number of hydrogen-bond acceptors (Lipinski definition) is 6. The van der Waals surface area contributed by atoms with Crippen molar-refractivity contribution >= 4 is 16.0 Å². The van der Waals surface area contributed by atoms with Crippen LogP contribution in [0.3, 0.4) is 0 Å². The average molecular weight is 490 g/mol. The Labute approximate surface area is 190 Å². The van der Waals surface area contributed by atoms with Crippen molar-refractivity contribution in [1.82, 2.24) is 14.5 Å². The summed E-state index contributed by atoms with van der Waals surface area (Å²) >= 11 is 0. The normalized spacial score (nSPS) is 16.5. The van der Waals surface area contributed by atoms with Crippen LogP contribution in [-0.2, 0) is 38.7 Å². The molecule has 0 amide bonds. The number of nitrogens with zero attached hydrogens (tertiary/aromatic N) is 2. The molecule has 0 fully saturated rings. The largest absolute Gasteiger partial charge is 0.491 e. The van der Waals surface area contributed by atoms with Crippen LogP contribution in [-0.4, -0.2) is 36.9 Å². The number of fused-ring (bicyclic) bond motifs is 1. The van der Waals surface area contributed by atoms with E-state index in [1.54, 1.807) is 18.5 Å². The van der Waals surface area contributed by atoms with Crippen LogP contribution in [0.2, 0.25) is 0 Å². The maximum Gasteiger partial charge on any atom is 0.416 e. The first kappa shape index (κ1) is 25.0. The first-order chi connectivity index (χ1) is 15.4. The van der Waals surface area contributed by atoms with Gasteiger partial charge in [0.1, 0.15) is 12.4 Å². The Morgan fingerprint density at radius 2 is 2.03 bits per heavy atom. The van der Waals surface area contributed by atoms with Gasteiger partial charge in [-0.3, -0.25) is 9.48 Å². The summed E-state index contributed by atoms with van der Waals surface area (Å²) in [6.45, 7) is 5.01. The number of esters is 1. The molecule has 0 aliphatic heterocycles.